The van der Waals surface area contributed by atoms with Crippen LogP contribution in [0.3, 0.4) is 0 Å². The van der Waals surface area contributed by atoms with Gasteiger partial charge in [0.15, 0.2) is 0 Å². The van der Waals surface area contributed by atoms with Crippen LogP contribution >= 0.6 is 27.5 Å². The van der Waals surface area contributed by atoms with Crippen molar-refractivity contribution in [3.63, 3.8) is 0 Å². The van der Waals surface area contributed by atoms with Gasteiger partial charge < -0.3 is 0 Å². The highest BCUT2D eigenvalue weighted by atomic mass is 79.9. The maximum atomic E-state index is 11.0. The summed E-state index contributed by atoms with van der Waals surface area (Å²) in [5.74, 6) is 0. The molecule has 1 aromatic carbocycles. The summed E-state index contributed by atoms with van der Waals surface area (Å²) in [5, 5.41) is -0.473. The quantitative estimate of drug-likeness (QED) is 0.787. The third-order valence-corrected chi connectivity index (χ3v) is 2.82. The number of nitrogens with zero attached hydrogens (tertiary/aromatic N) is 1. The van der Waals surface area contributed by atoms with Crippen molar-refractivity contribution in [3.8, 4) is 11.3 Å². The van der Waals surface area contributed by atoms with E-state index in [1.54, 1.807) is 18.3 Å². The van der Waals surface area contributed by atoms with E-state index in [4.69, 9.17) is 11.6 Å². The molecule has 1 heterocycles. The fraction of sp³-hybridized carbons (Fsp3) is 0. The number of halogens is 2. The Hall–Kier alpha value is -1.19. The first kappa shape index (κ1) is 11.3. The van der Waals surface area contributed by atoms with Gasteiger partial charge >= 0.3 is 0 Å². The number of benzene rings is 1. The molecule has 0 aliphatic rings. The predicted octanol–water partition coefficient (Wildman–Crippen LogP) is 3.89. The maximum absolute atomic E-state index is 11.0. The Kier molecular flexibility index (Phi) is 3.36. The number of carbonyl (C=O) groups is 1. The number of rotatable bonds is 2. The van der Waals surface area contributed by atoms with Gasteiger partial charge in [-0.3, -0.25) is 9.78 Å². The van der Waals surface area contributed by atoms with Gasteiger partial charge in [-0.2, -0.15) is 0 Å². The lowest BCUT2D eigenvalue weighted by atomic mass is 10.1. The molecule has 0 amide bonds. The molecular formula is C12H7BrClNO. The largest absolute Gasteiger partial charge is 0.276 e. The van der Waals surface area contributed by atoms with Crippen molar-refractivity contribution in [2.24, 2.45) is 0 Å². The van der Waals surface area contributed by atoms with E-state index in [-0.39, 0.29) is 0 Å². The van der Waals surface area contributed by atoms with Gasteiger partial charge in [-0.25, -0.2) is 0 Å². The van der Waals surface area contributed by atoms with Crippen LogP contribution in [-0.4, -0.2) is 10.2 Å². The molecule has 1 aromatic heterocycles. The van der Waals surface area contributed by atoms with Gasteiger partial charge in [0.05, 0.1) is 5.69 Å². The minimum absolute atomic E-state index is 0.451. The van der Waals surface area contributed by atoms with Crippen molar-refractivity contribution >= 4 is 32.8 Å². The van der Waals surface area contributed by atoms with Crippen LogP contribution < -0.4 is 0 Å². The van der Waals surface area contributed by atoms with E-state index in [0.29, 0.717) is 5.56 Å². The van der Waals surface area contributed by atoms with Crippen LogP contribution in [0.25, 0.3) is 11.3 Å². The molecule has 16 heavy (non-hydrogen) atoms. The maximum Gasteiger partial charge on any atom is 0.252 e. The van der Waals surface area contributed by atoms with Gasteiger partial charge in [0.25, 0.3) is 5.24 Å². The standard InChI is InChI=1S/C12H7BrClNO/c13-10-3-1-2-8(6-10)11-7-9(12(14)16)4-5-15-11/h1-7H. The number of hydrogen-bond acceptors (Lipinski definition) is 2. The molecule has 0 bridgehead atoms. The number of carbonyl (C=O) groups excluding carboxylic acids is 1. The molecule has 4 heteroatoms. The number of pyridine rings is 1. The van der Waals surface area contributed by atoms with E-state index >= 15 is 0 Å². The van der Waals surface area contributed by atoms with Crippen molar-refractivity contribution in [1.82, 2.24) is 4.98 Å². The Balaban J connectivity index is 2.48. The highest BCUT2D eigenvalue weighted by Crippen LogP contribution is 2.22. The normalized spacial score (nSPS) is 10.1. The van der Waals surface area contributed by atoms with Crippen LogP contribution in [0.4, 0.5) is 0 Å². The predicted molar refractivity (Wildman–Crippen MR) is 67.6 cm³/mol. The second-order valence-electron chi connectivity index (χ2n) is 3.21. The zero-order valence-electron chi connectivity index (χ0n) is 8.15. The minimum Gasteiger partial charge on any atom is -0.276 e. The molecule has 0 unspecified atom stereocenters. The average molecular weight is 297 g/mol. The smallest absolute Gasteiger partial charge is 0.252 e. The zero-order valence-corrected chi connectivity index (χ0v) is 10.5. The Morgan fingerprint density at radius 1 is 1.25 bits per heavy atom. The summed E-state index contributed by atoms with van der Waals surface area (Å²) in [6.45, 7) is 0. The molecule has 2 aromatic rings. The average Bonchev–Trinajstić information content (AvgIpc) is 2.29. The fourth-order valence-electron chi connectivity index (χ4n) is 1.36. The lowest BCUT2D eigenvalue weighted by molar-refractivity contribution is 0.108. The van der Waals surface area contributed by atoms with Gasteiger partial charge in [0.2, 0.25) is 0 Å². The summed E-state index contributed by atoms with van der Waals surface area (Å²) in [6.07, 6.45) is 1.58. The highest BCUT2D eigenvalue weighted by Gasteiger charge is 2.05. The molecule has 0 saturated heterocycles. The fourth-order valence-corrected chi connectivity index (χ4v) is 1.88. The van der Waals surface area contributed by atoms with E-state index < -0.39 is 5.24 Å². The monoisotopic (exact) mass is 295 g/mol. The summed E-state index contributed by atoms with van der Waals surface area (Å²) in [5.41, 5.74) is 2.12. The molecule has 0 spiro atoms. The summed E-state index contributed by atoms with van der Waals surface area (Å²) in [6, 6.07) is 11.0. The second kappa shape index (κ2) is 4.76. The lowest BCUT2D eigenvalue weighted by Gasteiger charge is -2.02. The Labute approximate surface area is 106 Å². The zero-order chi connectivity index (χ0) is 11.5. The summed E-state index contributed by atoms with van der Waals surface area (Å²) < 4.78 is 0.967. The van der Waals surface area contributed by atoms with E-state index in [9.17, 15) is 4.79 Å². The number of hydrogen-bond donors (Lipinski definition) is 0. The van der Waals surface area contributed by atoms with Gasteiger partial charge in [0.1, 0.15) is 0 Å². The van der Waals surface area contributed by atoms with E-state index in [1.807, 2.05) is 24.3 Å². The van der Waals surface area contributed by atoms with E-state index in [1.165, 1.54) is 0 Å². The van der Waals surface area contributed by atoms with Crippen molar-refractivity contribution in [3.05, 3.63) is 52.6 Å². The molecular weight excluding hydrogens is 289 g/mol. The summed E-state index contributed by atoms with van der Waals surface area (Å²) >= 11 is 8.80. The first-order chi connectivity index (χ1) is 7.66. The SMILES string of the molecule is O=C(Cl)c1ccnc(-c2cccc(Br)c2)c1. The Morgan fingerprint density at radius 2 is 2.06 bits per heavy atom. The van der Waals surface area contributed by atoms with Gasteiger partial charge in [0, 0.05) is 21.8 Å². The topological polar surface area (TPSA) is 30.0 Å². The lowest BCUT2D eigenvalue weighted by Crippen LogP contribution is -1.91. The van der Waals surface area contributed by atoms with Gasteiger partial charge in [-0.05, 0) is 35.9 Å². The summed E-state index contributed by atoms with van der Waals surface area (Å²) in [4.78, 5) is 15.2. The molecule has 80 valence electrons. The first-order valence-electron chi connectivity index (χ1n) is 4.58. The molecule has 0 N–H and O–H groups in total. The Morgan fingerprint density at radius 3 is 2.75 bits per heavy atom. The second-order valence-corrected chi connectivity index (χ2v) is 4.47. The minimum atomic E-state index is -0.473. The van der Waals surface area contributed by atoms with Crippen LogP contribution in [0.2, 0.25) is 0 Å². The van der Waals surface area contributed by atoms with Crippen LogP contribution in [-0.2, 0) is 0 Å². The van der Waals surface area contributed by atoms with Gasteiger partial charge in [-0.1, -0.05) is 28.1 Å². The van der Waals surface area contributed by atoms with Crippen molar-refractivity contribution < 1.29 is 4.79 Å². The van der Waals surface area contributed by atoms with E-state index in [0.717, 1.165) is 15.7 Å². The van der Waals surface area contributed by atoms with E-state index in [2.05, 4.69) is 20.9 Å². The molecule has 0 saturated carbocycles. The Bertz CT molecular complexity index is 542. The molecule has 2 rings (SSSR count). The molecule has 0 aliphatic heterocycles. The molecule has 0 aliphatic carbocycles. The van der Waals surface area contributed by atoms with Crippen LogP contribution in [0.5, 0.6) is 0 Å². The first-order valence-corrected chi connectivity index (χ1v) is 5.76. The molecule has 0 fully saturated rings. The van der Waals surface area contributed by atoms with Crippen LogP contribution in [0.15, 0.2) is 47.1 Å². The summed E-state index contributed by atoms with van der Waals surface area (Å²) in [7, 11) is 0. The molecule has 2 nitrogen and oxygen atoms in total. The van der Waals surface area contributed by atoms with Crippen molar-refractivity contribution in [1.29, 1.82) is 0 Å². The van der Waals surface area contributed by atoms with Gasteiger partial charge in [-0.15, -0.1) is 0 Å². The molecule has 0 atom stereocenters. The third kappa shape index (κ3) is 2.49. The molecule has 0 radical (unpaired) electrons. The van der Waals surface area contributed by atoms with Crippen molar-refractivity contribution in [2.75, 3.05) is 0 Å². The van der Waals surface area contributed by atoms with Crippen LogP contribution in [0, 0.1) is 0 Å². The number of aromatic nitrogens is 1. The third-order valence-electron chi connectivity index (χ3n) is 2.11. The van der Waals surface area contributed by atoms with Crippen LogP contribution in [0.1, 0.15) is 10.4 Å². The van der Waals surface area contributed by atoms with Crippen molar-refractivity contribution in [2.45, 2.75) is 0 Å². The highest BCUT2D eigenvalue weighted by molar-refractivity contribution is 9.10.